The minimum absolute atomic E-state index is 0.129. The second-order valence-corrected chi connectivity index (χ2v) is 5.18. The van der Waals surface area contributed by atoms with E-state index in [1.807, 2.05) is 12.1 Å². The highest BCUT2D eigenvalue weighted by Crippen LogP contribution is 2.42. The Kier molecular flexibility index (Phi) is 2.68. The van der Waals surface area contributed by atoms with E-state index in [0.29, 0.717) is 5.92 Å². The molecule has 0 heterocycles. The van der Waals surface area contributed by atoms with Gasteiger partial charge in [-0.1, -0.05) is 12.1 Å². The number of hydrogen-bond donors (Lipinski definition) is 1. The molecule has 0 aromatic heterocycles. The van der Waals surface area contributed by atoms with Gasteiger partial charge in [0.2, 0.25) is 0 Å². The summed E-state index contributed by atoms with van der Waals surface area (Å²) in [5.74, 6) is 1.30. The van der Waals surface area contributed by atoms with Crippen LogP contribution < -0.4 is 5.32 Å². The molecule has 2 aliphatic rings. The van der Waals surface area contributed by atoms with Crippen LogP contribution in [0.2, 0.25) is 0 Å². The predicted molar refractivity (Wildman–Crippen MR) is 62.9 cm³/mol. The van der Waals surface area contributed by atoms with Gasteiger partial charge in [0.15, 0.2) is 0 Å². The van der Waals surface area contributed by atoms with Crippen molar-refractivity contribution in [2.24, 2.45) is 5.92 Å². The van der Waals surface area contributed by atoms with Crippen LogP contribution in [0.25, 0.3) is 0 Å². The molecule has 0 radical (unpaired) electrons. The maximum atomic E-state index is 12.8. The third-order valence-electron chi connectivity index (χ3n) is 3.96. The smallest absolute Gasteiger partial charge is 0.123 e. The van der Waals surface area contributed by atoms with Crippen molar-refractivity contribution in [2.75, 3.05) is 6.54 Å². The second kappa shape index (κ2) is 4.17. The zero-order valence-corrected chi connectivity index (χ0v) is 9.45. The molecular formula is C14H18FN. The third kappa shape index (κ3) is 2.12. The van der Waals surface area contributed by atoms with E-state index in [4.69, 9.17) is 0 Å². The number of rotatable bonds is 4. The highest BCUT2D eigenvalue weighted by molar-refractivity contribution is 5.23. The zero-order valence-electron chi connectivity index (χ0n) is 9.45. The molecule has 2 aliphatic carbocycles. The number of halogens is 1. The normalized spacial score (nSPS) is 28.8. The van der Waals surface area contributed by atoms with E-state index in [1.165, 1.54) is 31.2 Å². The predicted octanol–water partition coefficient (Wildman–Crippen LogP) is 3.07. The van der Waals surface area contributed by atoms with E-state index < -0.39 is 0 Å². The number of hydrogen-bond acceptors (Lipinski definition) is 1. The fourth-order valence-corrected chi connectivity index (χ4v) is 2.57. The van der Waals surface area contributed by atoms with Crippen LogP contribution >= 0.6 is 0 Å². The molecule has 0 bridgehead atoms. The van der Waals surface area contributed by atoms with E-state index in [1.54, 1.807) is 12.1 Å². The second-order valence-electron chi connectivity index (χ2n) is 5.18. The Bertz CT molecular complexity index is 356. The van der Waals surface area contributed by atoms with Crippen LogP contribution in [0.5, 0.6) is 0 Å². The van der Waals surface area contributed by atoms with Crippen LogP contribution in [0.4, 0.5) is 4.39 Å². The lowest BCUT2D eigenvalue weighted by Crippen LogP contribution is -2.34. The average Bonchev–Trinajstić information content (AvgIpc) is 3.04. The van der Waals surface area contributed by atoms with Gasteiger partial charge >= 0.3 is 0 Å². The third-order valence-corrected chi connectivity index (χ3v) is 3.96. The molecule has 0 spiro atoms. The Morgan fingerprint density at radius 2 is 1.81 bits per heavy atom. The van der Waals surface area contributed by atoms with Crippen molar-refractivity contribution in [1.82, 2.24) is 5.32 Å². The van der Waals surface area contributed by atoms with Gasteiger partial charge < -0.3 is 5.32 Å². The summed E-state index contributed by atoms with van der Waals surface area (Å²) in [6, 6.07) is 7.86. The maximum Gasteiger partial charge on any atom is 0.123 e. The lowest BCUT2D eigenvalue weighted by atomic mass is 9.70. The van der Waals surface area contributed by atoms with Crippen molar-refractivity contribution >= 4 is 0 Å². The summed E-state index contributed by atoms with van der Waals surface area (Å²) in [7, 11) is 0. The molecule has 1 aromatic carbocycles. The molecule has 2 fully saturated rings. The number of benzene rings is 1. The van der Waals surface area contributed by atoms with Crippen LogP contribution in [0, 0.1) is 11.7 Å². The fourth-order valence-electron chi connectivity index (χ4n) is 2.57. The Morgan fingerprint density at radius 1 is 1.06 bits per heavy atom. The van der Waals surface area contributed by atoms with Gasteiger partial charge in [0, 0.05) is 6.04 Å². The van der Waals surface area contributed by atoms with Gasteiger partial charge in [-0.05, 0) is 61.8 Å². The quantitative estimate of drug-likeness (QED) is 0.820. The van der Waals surface area contributed by atoms with Crippen LogP contribution in [0.3, 0.4) is 0 Å². The largest absolute Gasteiger partial charge is 0.314 e. The summed E-state index contributed by atoms with van der Waals surface area (Å²) >= 11 is 0. The van der Waals surface area contributed by atoms with Crippen LogP contribution in [0.15, 0.2) is 24.3 Å². The monoisotopic (exact) mass is 219 g/mol. The summed E-state index contributed by atoms with van der Waals surface area (Å²) in [5.41, 5.74) is 1.32. The Balaban J connectivity index is 1.59. The standard InChI is InChI=1S/C14H18FN/c15-12-4-1-10(2-5-12)14-8-3-11(14)9-16-13-6-7-13/h1-2,4-5,11,13-14,16H,3,6-9H2. The number of nitrogens with one attached hydrogen (secondary N) is 1. The van der Waals surface area contributed by atoms with Crippen molar-refractivity contribution < 1.29 is 4.39 Å². The van der Waals surface area contributed by atoms with Gasteiger partial charge in [-0.15, -0.1) is 0 Å². The molecule has 1 nitrogen and oxygen atoms in total. The lowest BCUT2D eigenvalue weighted by Gasteiger charge is -2.37. The van der Waals surface area contributed by atoms with Gasteiger partial charge in [-0.25, -0.2) is 4.39 Å². The molecule has 0 amide bonds. The van der Waals surface area contributed by atoms with Gasteiger partial charge in [0.05, 0.1) is 0 Å². The van der Waals surface area contributed by atoms with Gasteiger partial charge in [0.1, 0.15) is 5.82 Å². The first-order chi connectivity index (χ1) is 7.83. The van der Waals surface area contributed by atoms with Crippen LogP contribution in [-0.4, -0.2) is 12.6 Å². The molecule has 0 aliphatic heterocycles. The first-order valence-corrected chi connectivity index (χ1v) is 6.32. The maximum absolute atomic E-state index is 12.8. The molecule has 3 rings (SSSR count). The minimum atomic E-state index is -0.129. The van der Waals surface area contributed by atoms with Gasteiger partial charge in [0.25, 0.3) is 0 Å². The SMILES string of the molecule is Fc1ccc(C2CCC2CNC2CC2)cc1. The van der Waals surface area contributed by atoms with E-state index in [2.05, 4.69) is 5.32 Å². The van der Waals surface area contributed by atoms with E-state index in [0.717, 1.165) is 18.5 Å². The molecule has 0 saturated heterocycles. The van der Waals surface area contributed by atoms with Gasteiger partial charge in [-0.2, -0.15) is 0 Å². The van der Waals surface area contributed by atoms with Crippen molar-refractivity contribution in [3.8, 4) is 0 Å². The summed E-state index contributed by atoms with van der Waals surface area (Å²) in [5, 5.41) is 3.60. The van der Waals surface area contributed by atoms with Crippen LogP contribution in [0.1, 0.15) is 37.2 Å². The minimum Gasteiger partial charge on any atom is -0.314 e. The topological polar surface area (TPSA) is 12.0 Å². The Hall–Kier alpha value is -0.890. The summed E-state index contributed by atoms with van der Waals surface area (Å²) in [6.07, 6.45) is 5.30. The van der Waals surface area contributed by atoms with E-state index in [-0.39, 0.29) is 5.82 Å². The summed E-state index contributed by atoms with van der Waals surface area (Å²) < 4.78 is 12.8. The highest BCUT2D eigenvalue weighted by Gasteiger charge is 2.33. The summed E-state index contributed by atoms with van der Waals surface area (Å²) in [4.78, 5) is 0. The Labute approximate surface area is 96.1 Å². The molecule has 16 heavy (non-hydrogen) atoms. The molecule has 2 atom stereocenters. The molecular weight excluding hydrogens is 201 g/mol. The average molecular weight is 219 g/mol. The lowest BCUT2D eigenvalue weighted by molar-refractivity contribution is 0.245. The van der Waals surface area contributed by atoms with Crippen molar-refractivity contribution in [1.29, 1.82) is 0 Å². The summed E-state index contributed by atoms with van der Waals surface area (Å²) in [6.45, 7) is 1.15. The van der Waals surface area contributed by atoms with Crippen LogP contribution in [-0.2, 0) is 0 Å². The van der Waals surface area contributed by atoms with E-state index in [9.17, 15) is 4.39 Å². The van der Waals surface area contributed by atoms with Crippen molar-refractivity contribution in [3.63, 3.8) is 0 Å². The molecule has 2 heteroatoms. The zero-order chi connectivity index (χ0) is 11.0. The Morgan fingerprint density at radius 3 is 2.38 bits per heavy atom. The van der Waals surface area contributed by atoms with Gasteiger partial charge in [-0.3, -0.25) is 0 Å². The fraction of sp³-hybridized carbons (Fsp3) is 0.571. The molecule has 1 aromatic rings. The highest BCUT2D eigenvalue weighted by atomic mass is 19.1. The molecule has 86 valence electrons. The molecule has 2 saturated carbocycles. The van der Waals surface area contributed by atoms with Crippen molar-refractivity contribution in [2.45, 2.75) is 37.6 Å². The first-order valence-electron chi connectivity index (χ1n) is 6.32. The van der Waals surface area contributed by atoms with Crippen molar-refractivity contribution in [3.05, 3.63) is 35.6 Å². The molecule has 1 N–H and O–H groups in total. The first kappa shape index (κ1) is 10.3. The molecule has 2 unspecified atom stereocenters. The van der Waals surface area contributed by atoms with E-state index >= 15 is 0 Å².